The smallest absolute Gasteiger partial charge is 0.191 e. The Kier molecular flexibility index (Phi) is 3.24. The predicted molar refractivity (Wildman–Crippen MR) is 73.3 cm³/mol. The fourth-order valence-electron chi connectivity index (χ4n) is 2.27. The molecule has 96 valence electrons. The highest BCUT2D eigenvalue weighted by Gasteiger charge is 2.39. The number of rotatable bonds is 2. The Hall–Kier alpha value is -1.10. The van der Waals surface area contributed by atoms with E-state index in [1.165, 1.54) is 0 Å². The first-order chi connectivity index (χ1) is 8.74. The van der Waals surface area contributed by atoms with E-state index in [0.717, 1.165) is 37.5 Å². The molecule has 18 heavy (non-hydrogen) atoms. The van der Waals surface area contributed by atoms with Gasteiger partial charge in [0.2, 0.25) is 0 Å². The van der Waals surface area contributed by atoms with Crippen molar-refractivity contribution in [3.05, 3.63) is 34.1 Å². The summed E-state index contributed by atoms with van der Waals surface area (Å²) < 4.78 is 14.0. The van der Waals surface area contributed by atoms with E-state index in [4.69, 9.17) is 0 Å². The monoisotopic (exact) mass is 311 g/mol. The lowest BCUT2D eigenvalue weighted by atomic mass is 10.1. The number of aliphatic imine (C=N–C) groups is 1. The van der Waals surface area contributed by atoms with Crippen LogP contribution in [0.4, 0.5) is 4.39 Å². The Balaban J connectivity index is 1.63. The van der Waals surface area contributed by atoms with Gasteiger partial charge in [-0.2, -0.15) is 0 Å². The van der Waals surface area contributed by atoms with Gasteiger partial charge in [-0.1, -0.05) is 6.07 Å². The van der Waals surface area contributed by atoms with Crippen LogP contribution in [0.15, 0.2) is 27.7 Å². The molecule has 0 bridgehead atoms. The lowest BCUT2D eigenvalue weighted by molar-refractivity contribution is 0.618. The number of benzene rings is 1. The summed E-state index contributed by atoms with van der Waals surface area (Å²) in [5.74, 6) is 1.11. The zero-order valence-corrected chi connectivity index (χ0v) is 11.5. The Morgan fingerprint density at radius 1 is 1.44 bits per heavy atom. The van der Waals surface area contributed by atoms with Gasteiger partial charge in [0.05, 0.1) is 4.47 Å². The van der Waals surface area contributed by atoms with Crippen molar-refractivity contribution in [2.24, 2.45) is 4.99 Å². The van der Waals surface area contributed by atoms with Crippen LogP contribution in [0.3, 0.4) is 0 Å². The molecule has 2 atom stereocenters. The molecular formula is C13H15BrFN3. The number of nitrogens with zero attached hydrogens (tertiary/aromatic N) is 1. The zero-order valence-electron chi connectivity index (χ0n) is 9.92. The van der Waals surface area contributed by atoms with Gasteiger partial charge in [-0.05, 0) is 46.5 Å². The fourth-order valence-corrected chi connectivity index (χ4v) is 2.52. The minimum atomic E-state index is -0.189. The molecule has 0 radical (unpaired) electrons. The van der Waals surface area contributed by atoms with E-state index >= 15 is 0 Å². The van der Waals surface area contributed by atoms with Crippen LogP contribution < -0.4 is 10.6 Å². The maximum atomic E-state index is 13.4. The molecule has 1 saturated carbocycles. The first-order valence-corrected chi connectivity index (χ1v) is 7.03. The highest BCUT2D eigenvalue weighted by Crippen LogP contribution is 2.41. The second kappa shape index (κ2) is 4.88. The third kappa shape index (κ3) is 2.51. The van der Waals surface area contributed by atoms with Crippen molar-refractivity contribution < 1.29 is 4.39 Å². The third-order valence-electron chi connectivity index (χ3n) is 3.38. The molecule has 1 aliphatic carbocycles. The average Bonchev–Trinajstić information content (AvgIpc) is 3.13. The second-order valence-corrected chi connectivity index (χ2v) is 5.63. The summed E-state index contributed by atoms with van der Waals surface area (Å²) in [5.41, 5.74) is 1.06. The molecule has 3 nitrogen and oxygen atoms in total. The first kappa shape index (κ1) is 12.0. The molecule has 0 aromatic heterocycles. The predicted octanol–water partition coefficient (Wildman–Crippen LogP) is 2.38. The van der Waals surface area contributed by atoms with Crippen LogP contribution in [0.1, 0.15) is 24.3 Å². The maximum Gasteiger partial charge on any atom is 0.191 e. The summed E-state index contributed by atoms with van der Waals surface area (Å²) in [5, 5.41) is 6.62. The van der Waals surface area contributed by atoms with Crippen molar-refractivity contribution >= 4 is 21.9 Å². The molecule has 1 aromatic carbocycles. The first-order valence-electron chi connectivity index (χ1n) is 6.24. The van der Waals surface area contributed by atoms with E-state index in [-0.39, 0.29) is 5.82 Å². The fraction of sp³-hybridized carbons (Fsp3) is 0.462. The molecule has 5 heteroatoms. The molecule has 2 aliphatic rings. The third-order valence-corrected chi connectivity index (χ3v) is 4.02. The van der Waals surface area contributed by atoms with Crippen LogP contribution >= 0.6 is 15.9 Å². The maximum absolute atomic E-state index is 13.4. The number of halogens is 2. The topological polar surface area (TPSA) is 36.4 Å². The lowest BCUT2D eigenvalue weighted by Gasteiger charge is -2.16. The van der Waals surface area contributed by atoms with Crippen molar-refractivity contribution in [2.75, 3.05) is 13.1 Å². The van der Waals surface area contributed by atoms with Gasteiger partial charge < -0.3 is 10.6 Å². The molecule has 0 amide bonds. The zero-order chi connectivity index (χ0) is 12.5. The van der Waals surface area contributed by atoms with Gasteiger partial charge in [-0.25, -0.2) is 4.39 Å². The van der Waals surface area contributed by atoms with E-state index in [1.54, 1.807) is 12.1 Å². The molecule has 2 N–H and O–H groups in total. The van der Waals surface area contributed by atoms with Gasteiger partial charge in [0, 0.05) is 25.0 Å². The summed E-state index contributed by atoms with van der Waals surface area (Å²) in [6.07, 6.45) is 2.14. The molecule has 0 unspecified atom stereocenters. The summed E-state index contributed by atoms with van der Waals surface area (Å²) in [6.45, 7) is 1.87. The number of hydrogen-bond acceptors (Lipinski definition) is 3. The molecule has 1 aliphatic heterocycles. The Morgan fingerprint density at radius 2 is 2.33 bits per heavy atom. The van der Waals surface area contributed by atoms with E-state index in [0.29, 0.717) is 16.4 Å². The van der Waals surface area contributed by atoms with Crippen LogP contribution in [-0.2, 0) is 0 Å². The number of guanidine groups is 1. The van der Waals surface area contributed by atoms with Crippen molar-refractivity contribution in [2.45, 2.75) is 24.8 Å². The van der Waals surface area contributed by atoms with E-state index in [2.05, 4.69) is 31.6 Å². The molecule has 0 spiro atoms. The molecule has 0 saturated heterocycles. The van der Waals surface area contributed by atoms with Crippen LogP contribution in [0, 0.1) is 5.82 Å². The van der Waals surface area contributed by atoms with Crippen LogP contribution in [0.5, 0.6) is 0 Å². The summed E-state index contributed by atoms with van der Waals surface area (Å²) in [4.78, 5) is 4.38. The minimum Gasteiger partial charge on any atom is -0.356 e. The van der Waals surface area contributed by atoms with Gasteiger partial charge in [0.25, 0.3) is 0 Å². The number of hydrogen-bond donors (Lipinski definition) is 2. The van der Waals surface area contributed by atoms with Crippen LogP contribution in [-0.4, -0.2) is 25.1 Å². The van der Waals surface area contributed by atoms with Crippen LogP contribution in [0.2, 0.25) is 0 Å². The molecule has 1 heterocycles. The summed E-state index contributed by atoms with van der Waals surface area (Å²) in [6, 6.07) is 5.76. The van der Waals surface area contributed by atoms with Crippen LogP contribution in [0.25, 0.3) is 0 Å². The van der Waals surface area contributed by atoms with Crippen molar-refractivity contribution in [3.8, 4) is 0 Å². The summed E-state index contributed by atoms with van der Waals surface area (Å²) >= 11 is 3.17. The molecule has 1 aromatic rings. The van der Waals surface area contributed by atoms with Crippen molar-refractivity contribution in [3.63, 3.8) is 0 Å². The minimum absolute atomic E-state index is 0.189. The number of nitrogens with one attached hydrogen (secondary N) is 2. The Morgan fingerprint density at radius 3 is 3.06 bits per heavy atom. The largest absolute Gasteiger partial charge is 0.356 e. The highest BCUT2D eigenvalue weighted by molar-refractivity contribution is 9.10. The van der Waals surface area contributed by atoms with Gasteiger partial charge in [0.1, 0.15) is 5.82 Å². The van der Waals surface area contributed by atoms with Gasteiger partial charge >= 0.3 is 0 Å². The molecular weight excluding hydrogens is 297 g/mol. The quantitative estimate of drug-likeness (QED) is 0.880. The van der Waals surface area contributed by atoms with E-state index in [1.807, 2.05) is 6.07 Å². The Labute approximate surface area is 114 Å². The van der Waals surface area contributed by atoms with E-state index < -0.39 is 0 Å². The van der Waals surface area contributed by atoms with Crippen molar-refractivity contribution in [1.29, 1.82) is 0 Å². The average molecular weight is 312 g/mol. The normalized spacial score (nSPS) is 26.2. The van der Waals surface area contributed by atoms with E-state index in [9.17, 15) is 4.39 Å². The SMILES string of the molecule is Fc1cc([C@@H]2C[C@H]2NC2=NCCCN2)ccc1Br. The molecule has 1 fully saturated rings. The standard InChI is InChI=1S/C13H15BrFN3/c14-10-3-2-8(6-11(10)15)9-7-12(9)18-13-16-4-1-5-17-13/h2-3,6,9,12H,1,4-5,7H2,(H2,16,17,18)/t9-,12+/m0/s1. The second-order valence-electron chi connectivity index (χ2n) is 4.78. The van der Waals surface area contributed by atoms with Gasteiger partial charge in [0.15, 0.2) is 5.96 Å². The Bertz CT molecular complexity index is 489. The lowest BCUT2D eigenvalue weighted by Crippen LogP contribution is -2.42. The molecule has 3 rings (SSSR count). The highest BCUT2D eigenvalue weighted by atomic mass is 79.9. The van der Waals surface area contributed by atoms with Crippen molar-refractivity contribution in [1.82, 2.24) is 10.6 Å². The summed E-state index contributed by atoms with van der Waals surface area (Å²) in [7, 11) is 0. The van der Waals surface area contributed by atoms with Gasteiger partial charge in [-0.3, -0.25) is 4.99 Å². The van der Waals surface area contributed by atoms with Gasteiger partial charge in [-0.15, -0.1) is 0 Å².